The van der Waals surface area contributed by atoms with Crippen molar-refractivity contribution in [3.8, 4) is 0 Å². The van der Waals surface area contributed by atoms with Gasteiger partial charge in [-0.2, -0.15) is 11.8 Å². The molecular formula is C14H15NOS. The number of rotatable bonds is 1. The van der Waals surface area contributed by atoms with E-state index in [0.29, 0.717) is 0 Å². The summed E-state index contributed by atoms with van der Waals surface area (Å²) in [6, 6.07) is 8.11. The molecule has 2 heterocycles. The quantitative estimate of drug-likeness (QED) is 0.838. The molecule has 1 aliphatic rings. The minimum Gasteiger partial charge on any atom is -0.384 e. The molecule has 0 aliphatic carbocycles. The molecule has 2 unspecified atom stereocenters. The van der Waals surface area contributed by atoms with Crippen LogP contribution < -0.4 is 0 Å². The van der Waals surface area contributed by atoms with Gasteiger partial charge >= 0.3 is 0 Å². The first-order valence-corrected chi connectivity index (χ1v) is 6.94. The average molecular weight is 245 g/mol. The van der Waals surface area contributed by atoms with Gasteiger partial charge in [0.05, 0.1) is 0 Å². The average Bonchev–Trinajstić information content (AvgIpc) is 2.70. The molecule has 17 heavy (non-hydrogen) atoms. The number of hydrogen-bond acceptors (Lipinski definition) is 3. The van der Waals surface area contributed by atoms with Gasteiger partial charge in [-0.05, 0) is 29.2 Å². The Balaban J connectivity index is 2.24. The maximum absolute atomic E-state index is 10.9. The third-order valence-corrected chi connectivity index (χ3v) is 5.00. The molecule has 88 valence electrons. The van der Waals surface area contributed by atoms with E-state index < -0.39 is 5.60 Å². The van der Waals surface area contributed by atoms with Gasteiger partial charge < -0.3 is 5.11 Å². The lowest BCUT2D eigenvalue weighted by Gasteiger charge is -2.28. The van der Waals surface area contributed by atoms with E-state index in [0.717, 1.165) is 28.5 Å². The lowest BCUT2D eigenvalue weighted by Crippen LogP contribution is -2.31. The zero-order chi connectivity index (χ0) is 11.9. The highest BCUT2D eigenvalue weighted by Gasteiger charge is 2.41. The second-order valence-electron chi connectivity index (χ2n) is 4.59. The van der Waals surface area contributed by atoms with Crippen molar-refractivity contribution >= 4 is 22.5 Å². The van der Waals surface area contributed by atoms with Crippen LogP contribution in [0.1, 0.15) is 18.9 Å². The van der Waals surface area contributed by atoms with Crippen molar-refractivity contribution in [2.24, 2.45) is 0 Å². The van der Waals surface area contributed by atoms with Crippen LogP contribution in [-0.2, 0) is 5.60 Å². The van der Waals surface area contributed by atoms with Gasteiger partial charge in [-0.1, -0.05) is 25.1 Å². The fraction of sp³-hybridized carbons (Fsp3) is 0.357. The Labute approximate surface area is 105 Å². The highest BCUT2D eigenvalue weighted by Crippen LogP contribution is 2.44. The van der Waals surface area contributed by atoms with Crippen LogP contribution in [0.15, 0.2) is 36.7 Å². The Hall–Kier alpha value is -1.06. The molecule has 0 bridgehead atoms. The van der Waals surface area contributed by atoms with Crippen LogP contribution in [0, 0.1) is 0 Å². The normalized spacial score (nSPS) is 28.7. The SMILES string of the molecule is CC1SCCC1(O)c1cccc2ccncc12. The first-order chi connectivity index (χ1) is 8.22. The minimum atomic E-state index is -0.701. The molecule has 1 saturated heterocycles. The van der Waals surface area contributed by atoms with E-state index >= 15 is 0 Å². The molecule has 1 aliphatic heterocycles. The van der Waals surface area contributed by atoms with E-state index in [4.69, 9.17) is 0 Å². The van der Waals surface area contributed by atoms with Crippen LogP contribution in [0.25, 0.3) is 10.8 Å². The summed E-state index contributed by atoms with van der Waals surface area (Å²) < 4.78 is 0. The van der Waals surface area contributed by atoms with Gasteiger partial charge in [-0.25, -0.2) is 0 Å². The van der Waals surface area contributed by atoms with Crippen molar-refractivity contribution < 1.29 is 5.11 Å². The molecule has 3 rings (SSSR count). The number of hydrogen-bond donors (Lipinski definition) is 1. The van der Waals surface area contributed by atoms with E-state index in [2.05, 4.69) is 18.0 Å². The highest BCUT2D eigenvalue weighted by molar-refractivity contribution is 8.00. The topological polar surface area (TPSA) is 33.1 Å². The Morgan fingerprint density at radius 1 is 1.41 bits per heavy atom. The third-order valence-electron chi connectivity index (χ3n) is 3.67. The van der Waals surface area contributed by atoms with Crippen molar-refractivity contribution in [2.45, 2.75) is 24.2 Å². The van der Waals surface area contributed by atoms with E-state index in [1.54, 1.807) is 6.20 Å². The van der Waals surface area contributed by atoms with Gasteiger partial charge in [0.25, 0.3) is 0 Å². The summed E-state index contributed by atoms with van der Waals surface area (Å²) in [5.41, 5.74) is 0.327. The summed E-state index contributed by atoms with van der Waals surface area (Å²) in [7, 11) is 0. The van der Waals surface area contributed by atoms with Crippen LogP contribution in [0.4, 0.5) is 0 Å². The summed E-state index contributed by atoms with van der Waals surface area (Å²) in [4.78, 5) is 4.18. The fourth-order valence-electron chi connectivity index (χ4n) is 2.58. The molecule has 1 aromatic heterocycles. The molecular weight excluding hydrogens is 230 g/mol. The molecule has 3 heteroatoms. The van der Waals surface area contributed by atoms with Crippen molar-refractivity contribution in [3.63, 3.8) is 0 Å². The maximum Gasteiger partial charge on any atom is 0.103 e. The monoisotopic (exact) mass is 245 g/mol. The molecule has 0 radical (unpaired) electrons. The number of nitrogens with zero attached hydrogens (tertiary/aromatic N) is 1. The summed E-state index contributed by atoms with van der Waals surface area (Å²) in [5.74, 6) is 1.02. The second-order valence-corrected chi connectivity index (χ2v) is 6.04. The first kappa shape index (κ1) is 11.1. The first-order valence-electron chi connectivity index (χ1n) is 5.89. The molecule has 2 atom stereocenters. The lowest BCUT2D eigenvalue weighted by atomic mass is 9.86. The van der Waals surface area contributed by atoms with E-state index in [1.807, 2.05) is 36.2 Å². The van der Waals surface area contributed by atoms with Crippen molar-refractivity contribution in [2.75, 3.05) is 5.75 Å². The Morgan fingerprint density at radius 2 is 2.29 bits per heavy atom. The summed E-state index contributed by atoms with van der Waals surface area (Å²) in [6.45, 7) is 2.10. The largest absolute Gasteiger partial charge is 0.384 e. The zero-order valence-corrected chi connectivity index (χ0v) is 10.6. The van der Waals surface area contributed by atoms with Crippen LogP contribution in [-0.4, -0.2) is 21.1 Å². The van der Waals surface area contributed by atoms with E-state index in [-0.39, 0.29) is 5.25 Å². The van der Waals surface area contributed by atoms with Crippen LogP contribution in [0.2, 0.25) is 0 Å². The van der Waals surface area contributed by atoms with Crippen molar-refractivity contribution in [1.82, 2.24) is 4.98 Å². The molecule has 1 N–H and O–H groups in total. The Bertz CT molecular complexity index is 551. The van der Waals surface area contributed by atoms with Gasteiger partial charge in [0.15, 0.2) is 0 Å². The number of fused-ring (bicyclic) bond motifs is 1. The maximum atomic E-state index is 10.9. The number of aromatic nitrogens is 1. The van der Waals surface area contributed by atoms with E-state index in [9.17, 15) is 5.11 Å². The molecule has 2 aromatic rings. The van der Waals surface area contributed by atoms with Gasteiger partial charge in [-0.15, -0.1) is 0 Å². The number of pyridine rings is 1. The Kier molecular flexibility index (Phi) is 2.60. The van der Waals surface area contributed by atoms with Crippen molar-refractivity contribution in [3.05, 3.63) is 42.2 Å². The predicted molar refractivity (Wildman–Crippen MR) is 72.2 cm³/mol. The molecule has 0 amide bonds. The lowest BCUT2D eigenvalue weighted by molar-refractivity contribution is 0.0442. The molecule has 0 saturated carbocycles. The van der Waals surface area contributed by atoms with E-state index in [1.165, 1.54) is 0 Å². The zero-order valence-electron chi connectivity index (χ0n) is 9.76. The number of aliphatic hydroxyl groups is 1. The summed E-state index contributed by atoms with van der Waals surface area (Å²) >= 11 is 1.84. The standard InChI is InChI=1S/C14H15NOS/c1-10-14(16,6-8-17-10)13-4-2-3-11-5-7-15-9-12(11)13/h2-5,7,9-10,16H,6,8H2,1H3. The van der Waals surface area contributed by atoms with Gasteiger partial charge in [0, 0.05) is 23.0 Å². The summed E-state index contributed by atoms with van der Waals surface area (Å²) in [6.07, 6.45) is 4.48. The summed E-state index contributed by atoms with van der Waals surface area (Å²) in [5, 5.41) is 13.3. The van der Waals surface area contributed by atoms with Crippen LogP contribution in [0.5, 0.6) is 0 Å². The molecule has 0 spiro atoms. The molecule has 1 fully saturated rings. The molecule has 1 aromatic carbocycles. The number of thioether (sulfide) groups is 1. The second kappa shape index (κ2) is 4.00. The van der Waals surface area contributed by atoms with Gasteiger partial charge in [0.2, 0.25) is 0 Å². The fourth-order valence-corrected chi connectivity index (χ4v) is 3.88. The van der Waals surface area contributed by atoms with Gasteiger partial charge in [0.1, 0.15) is 5.60 Å². The molecule has 2 nitrogen and oxygen atoms in total. The number of benzene rings is 1. The Morgan fingerprint density at radius 3 is 3.06 bits per heavy atom. The van der Waals surface area contributed by atoms with Crippen LogP contribution in [0.3, 0.4) is 0 Å². The minimum absolute atomic E-state index is 0.244. The smallest absolute Gasteiger partial charge is 0.103 e. The highest BCUT2D eigenvalue weighted by atomic mass is 32.2. The third kappa shape index (κ3) is 1.65. The van der Waals surface area contributed by atoms with Crippen LogP contribution >= 0.6 is 11.8 Å². The van der Waals surface area contributed by atoms with Crippen molar-refractivity contribution in [1.29, 1.82) is 0 Å². The predicted octanol–water partition coefficient (Wildman–Crippen LogP) is 2.95. The van der Waals surface area contributed by atoms with Gasteiger partial charge in [-0.3, -0.25) is 4.98 Å².